The number of unbranched alkanes of at least 4 members (excludes halogenated alkanes) is 1. The molecule has 1 fully saturated rings. The summed E-state index contributed by atoms with van der Waals surface area (Å²) in [6.07, 6.45) is 3.71. The lowest BCUT2D eigenvalue weighted by Gasteiger charge is -2.22. The topological polar surface area (TPSA) is 66.8 Å². The molecular weight excluding hydrogens is 346 g/mol. The Morgan fingerprint density at radius 2 is 2.08 bits per heavy atom. The van der Waals surface area contributed by atoms with Gasteiger partial charge in [-0.25, -0.2) is 4.79 Å². The molecule has 1 amide bonds. The summed E-state index contributed by atoms with van der Waals surface area (Å²) in [4.78, 5) is 25.8. The summed E-state index contributed by atoms with van der Waals surface area (Å²) in [6, 6.07) is 6.36. The average molecular weight is 365 g/mol. The van der Waals surface area contributed by atoms with E-state index >= 15 is 0 Å². The fourth-order valence-electron chi connectivity index (χ4n) is 2.36. The quantitative estimate of drug-likeness (QED) is 0.589. The predicted molar refractivity (Wildman–Crippen MR) is 99.0 cm³/mol. The van der Waals surface area contributed by atoms with E-state index in [0.717, 1.165) is 35.9 Å². The number of thiocarbonyl (C=S) groups is 1. The molecule has 7 heteroatoms. The van der Waals surface area contributed by atoms with Crippen molar-refractivity contribution in [2.45, 2.75) is 32.2 Å². The van der Waals surface area contributed by atoms with E-state index < -0.39 is 12.0 Å². The molecule has 0 radical (unpaired) electrons. The molecule has 0 aliphatic carbocycles. The predicted octanol–water partition coefficient (Wildman–Crippen LogP) is 3.54. The maximum Gasteiger partial charge on any atom is 0.326 e. The smallest absolute Gasteiger partial charge is 0.326 e. The molecule has 0 unspecified atom stereocenters. The van der Waals surface area contributed by atoms with E-state index in [9.17, 15) is 14.7 Å². The summed E-state index contributed by atoms with van der Waals surface area (Å²) in [5, 5.41) is 9.43. The van der Waals surface area contributed by atoms with E-state index in [-0.39, 0.29) is 5.91 Å². The van der Waals surface area contributed by atoms with Gasteiger partial charge in [0.05, 0.1) is 12.0 Å². The van der Waals surface area contributed by atoms with Crippen LogP contribution in [0, 0.1) is 0 Å². The third-order valence-corrected chi connectivity index (χ3v) is 5.00. The van der Waals surface area contributed by atoms with Crippen molar-refractivity contribution in [2.75, 3.05) is 7.11 Å². The number of carbonyl (C=O) groups is 2. The molecule has 0 bridgehead atoms. The van der Waals surface area contributed by atoms with Crippen molar-refractivity contribution < 1.29 is 19.4 Å². The van der Waals surface area contributed by atoms with Crippen LogP contribution >= 0.6 is 24.0 Å². The molecule has 1 aliphatic rings. The molecule has 1 aromatic rings. The number of benzene rings is 1. The Bertz CT molecular complexity index is 670. The van der Waals surface area contributed by atoms with Gasteiger partial charge in [-0.15, -0.1) is 0 Å². The molecule has 128 valence electrons. The van der Waals surface area contributed by atoms with Crippen LogP contribution in [0.1, 0.15) is 31.7 Å². The Hall–Kier alpha value is -1.86. The van der Waals surface area contributed by atoms with Gasteiger partial charge in [-0.3, -0.25) is 9.69 Å². The minimum atomic E-state index is -1.02. The first kappa shape index (κ1) is 18.5. The average Bonchev–Trinajstić information content (AvgIpc) is 2.83. The second-order valence-electron chi connectivity index (χ2n) is 5.32. The van der Waals surface area contributed by atoms with Gasteiger partial charge in [0.1, 0.15) is 16.1 Å². The minimum Gasteiger partial charge on any atom is -0.497 e. The standard InChI is InChI=1S/C17H19NO4S2/c1-3-4-5-13(16(20)21)18-15(19)14(24-17(18)23)10-11-6-8-12(22-2)9-7-11/h6-10,13H,3-5H2,1-2H3,(H,20,21)/b14-10-/t13-/m1/s1. The van der Waals surface area contributed by atoms with E-state index in [0.29, 0.717) is 15.6 Å². The highest BCUT2D eigenvalue weighted by atomic mass is 32.2. The van der Waals surface area contributed by atoms with Crippen molar-refractivity contribution in [3.63, 3.8) is 0 Å². The molecule has 24 heavy (non-hydrogen) atoms. The first-order valence-corrected chi connectivity index (χ1v) is 8.84. The first-order valence-electron chi connectivity index (χ1n) is 7.61. The zero-order chi connectivity index (χ0) is 17.7. The summed E-state index contributed by atoms with van der Waals surface area (Å²) >= 11 is 6.38. The number of thioether (sulfide) groups is 1. The maximum atomic E-state index is 12.6. The summed E-state index contributed by atoms with van der Waals surface area (Å²) in [5.74, 6) is -0.639. The zero-order valence-corrected chi connectivity index (χ0v) is 15.2. The van der Waals surface area contributed by atoms with E-state index in [4.69, 9.17) is 17.0 Å². The van der Waals surface area contributed by atoms with Gasteiger partial charge in [-0.2, -0.15) is 0 Å². The Morgan fingerprint density at radius 3 is 2.62 bits per heavy atom. The second kappa shape index (κ2) is 8.30. The molecule has 1 aliphatic heterocycles. The molecule has 1 N–H and O–H groups in total. The number of hydrogen-bond acceptors (Lipinski definition) is 5. The lowest BCUT2D eigenvalue weighted by atomic mass is 10.1. The van der Waals surface area contributed by atoms with Crippen molar-refractivity contribution in [2.24, 2.45) is 0 Å². The molecule has 1 saturated heterocycles. The fraction of sp³-hybridized carbons (Fsp3) is 0.353. The summed E-state index contributed by atoms with van der Waals surface area (Å²) in [7, 11) is 1.59. The first-order chi connectivity index (χ1) is 11.5. The Labute approximate surface area is 150 Å². The summed E-state index contributed by atoms with van der Waals surface area (Å²) in [6.45, 7) is 1.98. The Kier molecular flexibility index (Phi) is 6.39. The SMILES string of the molecule is CCCC[C@H](C(=O)O)N1C(=O)/C(=C/c2ccc(OC)cc2)SC1=S. The third kappa shape index (κ3) is 4.15. The largest absolute Gasteiger partial charge is 0.497 e. The molecule has 5 nitrogen and oxygen atoms in total. The Balaban J connectivity index is 2.23. The molecule has 0 aromatic heterocycles. The van der Waals surface area contributed by atoms with E-state index in [1.54, 1.807) is 25.3 Å². The lowest BCUT2D eigenvalue weighted by Crippen LogP contribution is -2.43. The van der Waals surface area contributed by atoms with Gasteiger partial charge in [0, 0.05) is 0 Å². The van der Waals surface area contributed by atoms with E-state index in [2.05, 4.69) is 0 Å². The van der Waals surface area contributed by atoms with Gasteiger partial charge in [0.15, 0.2) is 0 Å². The number of carbonyl (C=O) groups excluding carboxylic acids is 1. The number of carboxylic acids is 1. The normalized spacial score (nSPS) is 17.4. The molecule has 1 aromatic carbocycles. The van der Waals surface area contributed by atoms with Crippen molar-refractivity contribution in [1.82, 2.24) is 4.90 Å². The lowest BCUT2D eigenvalue weighted by molar-refractivity contribution is -0.145. The maximum absolute atomic E-state index is 12.6. The van der Waals surface area contributed by atoms with Crippen LogP contribution in [0.4, 0.5) is 0 Å². The van der Waals surface area contributed by atoms with Gasteiger partial charge in [0.2, 0.25) is 0 Å². The van der Waals surface area contributed by atoms with Gasteiger partial charge in [-0.05, 0) is 30.2 Å². The second-order valence-corrected chi connectivity index (χ2v) is 7.00. The van der Waals surface area contributed by atoms with Gasteiger partial charge in [-0.1, -0.05) is 55.9 Å². The van der Waals surface area contributed by atoms with Crippen LogP contribution in [0.25, 0.3) is 6.08 Å². The van der Waals surface area contributed by atoms with Gasteiger partial charge in [0.25, 0.3) is 5.91 Å². The van der Waals surface area contributed by atoms with Crippen LogP contribution in [0.15, 0.2) is 29.2 Å². The zero-order valence-electron chi connectivity index (χ0n) is 13.5. The monoisotopic (exact) mass is 365 g/mol. The van der Waals surface area contributed by atoms with Gasteiger partial charge < -0.3 is 9.84 Å². The fourth-order valence-corrected chi connectivity index (χ4v) is 3.72. The van der Waals surface area contributed by atoms with E-state index in [1.807, 2.05) is 19.1 Å². The summed E-state index contributed by atoms with van der Waals surface area (Å²) in [5.41, 5.74) is 0.830. The van der Waals surface area contributed by atoms with Crippen LogP contribution in [0.2, 0.25) is 0 Å². The van der Waals surface area contributed by atoms with Gasteiger partial charge >= 0.3 is 5.97 Å². The number of hydrogen-bond donors (Lipinski definition) is 1. The van der Waals surface area contributed by atoms with E-state index in [1.165, 1.54) is 4.90 Å². The highest BCUT2D eigenvalue weighted by Crippen LogP contribution is 2.35. The van der Waals surface area contributed by atoms with Crippen LogP contribution in [0.5, 0.6) is 5.75 Å². The molecule has 2 rings (SSSR count). The molecular formula is C17H19NO4S2. The number of ether oxygens (including phenoxy) is 1. The van der Waals surface area contributed by atoms with Crippen LogP contribution in [-0.4, -0.2) is 39.4 Å². The van der Waals surface area contributed by atoms with Crippen molar-refractivity contribution in [1.29, 1.82) is 0 Å². The number of methoxy groups -OCH3 is 1. The summed E-state index contributed by atoms with van der Waals surface area (Å²) < 4.78 is 5.40. The van der Waals surface area contributed by atoms with Crippen molar-refractivity contribution in [3.05, 3.63) is 34.7 Å². The number of aliphatic carboxylic acids is 1. The third-order valence-electron chi connectivity index (χ3n) is 3.66. The minimum absolute atomic E-state index is 0.295. The van der Waals surface area contributed by atoms with Crippen LogP contribution < -0.4 is 4.74 Å². The highest BCUT2D eigenvalue weighted by Gasteiger charge is 2.40. The van der Waals surface area contributed by atoms with Crippen LogP contribution in [-0.2, 0) is 9.59 Å². The number of amides is 1. The molecule has 1 atom stereocenters. The number of carboxylic acid groups (broad SMARTS) is 1. The molecule has 0 spiro atoms. The molecule has 0 saturated carbocycles. The highest BCUT2D eigenvalue weighted by molar-refractivity contribution is 8.26. The number of nitrogens with zero attached hydrogens (tertiary/aromatic N) is 1. The van der Waals surface area contributed by atoms with Crippen molar-refractivity contribution in [3.8, 4) is 5.75 Å². The molecule has 1 heterocycles. The van der Waals surface area contributed by atoms with Crippen molar-refractivity contribution >= 4 is 46.3 Å². The number of rotatable bonds is 7. The van der Waals surface area contributed by atoms with Crippen LogP contribution in [0.3, 0.4) is 0 Å². The Morgan fingerprint density at radius 1 is 1.42 bits per heavy atom.